The van der Waals surface area contributed by atoms with E-state index in [1.54, 1.807) is 18.1 Å². The minimum atomic E-state index is -0.0544. The van der Waals surface area contributed by atoms with Crippen molar-refractivity contribution in [2.75, 3.05) is 53.1 Å². The van der Waals surface area contributed by atoms with Crippen molar-refractivity contribution in [2.24, 2.45) is 0 Å². The van der Waals surface area contributed by atoms with Gasteiger partial charge in [0.1, 0.15) is 4.99 Å². The maximum Gasteiger partial charge on any atom is 0.260 e. The normalized spacial score (nSPS) is 22.7. The third kappa shape index (κ3) is 5.12. The van der Waals surface area contributed by atoms with Crippen molar-refractivity contribution in [2.45, 2.75) is 26.1 Å². The molecule has 2 heterocycles. The summed E-state index contributed by atoms with van der Waals surface area (Å²) in [5.74, 6) is 1.03. The number of benzene rings is 1. The van der Waals surface area contributed by atoms with Gasteiger partial charge in [-0.05, 0) is 32.0 Å². The number of amides is 1. The topological polar surface area (TPSA) is 60.5 Å². The fraction of sp³-hybridized carbons (Fsp3) is 0.600. The Bertz CT molecular complexity index is 698. The van der Waals surface area contributed by atoms with E-state index in [1.807, 2.05) is 26.0 Å². The van der Waals surface area contributed by atoms with Gasteiger partial charge in [-0.3, -0.25) is 4.79 Å². The number of carbonyl (C=O) groups excluding carboxylic acids is 1. The third-order valence-corrected chi connectivity index (χ3v) is 5.33. The van der Waals surface area contributed by atoms with Gasteiger partial charge in [-0.25, -0.2) is 0 Å². The summed E-state index contributed by atoms with van der Waals surface area (Å²) in [6.07, 6.45) is 0.273. The molecule has 0 saturated carbocycles. The molecule has 7 nitrogen and oxygen atoms in total. The molecule has 0 N–H and O–H groups in total. The lowest BCUT2D eigenvalue weighted by Crippen LogP contribution is -2.47. The fourth-order valence-corrected chi connectivity index (χ4v) is 3.77. The Morgan fingerprint density at radius 2 is 1.82 bits per heavy atom. The Morgan fingerprint density at radius 3 is 2.46 bits per heavy atom. The molecule has 2 aliphatic heterocycles. The van der Waals surface area contributed by atoms with Crippen LogP contribution in [0.5, 0.6) is 11.5 Å². The Hall–Kier alpha value is -1.90. The summed E-state index contributed by atoms with van der Waals surface area (Å²) >= 11 is 5.69. The number of hydrogen-bond acceptors (Lipinski definition) is 6. The molecule has 8 heteroatoms. The maximum atomic E-state index is 12.3. The number of ether oxygens (including phenoxy) is 4. The number of carbonyl (C=O) groups is 1. The highest BCUT2D eigenvalue weighted by molar-refractivity contribution is 7.80. The van der Waals surface area contributed by atoms with E-state index in [4.69, 9.17) is 31.2 Å². The number of methoxy groups -OCH3 is 1. The zero-order valence-electron chi connectivity index (χ0n) is 16.7. The van der Waals surface area contributed by atoms with Gasteiger partial charge in [-0.15, -0.1) is 0 Å². The molecular weight excluding hydrogens is 380 g/mol. The average molecular weight is 409 g/mol. The van der Waals surface area contributed by atoms with Gasteiger partial charge in [0.25, 0.3) is 5.91 Å². The zero-order valence-corrected chi connectivity index (χ0v) is 17.5. The second-order valence-corrected chi connectivity index (χ2v) is 7.50. The van der Waals surface area contributed by atoms with Crippen LogP contribution in [0.15, 0.2) is 18.2 Å². The van der Waals surface area contributed by atoms with Crippen LogP contribution in [0.2, 0.25) is 0 Å². The van der Waals surface area contributed by atoms with E-state index in [9.17, 15) is 4.79 Å². The lowest BCUT2D eigenvalue weighted by molar-refractivity contribution is -0.137. The summed E-state index contributed by atoms with van der Waals surface area (Å²) in [7, 11) is 1.58. The Balaban J connectivity index is 1.64. The predicted molar refractivity (Wildman–Crippen MR) is 109 cm³/mol. The van der Waals surface area contributed by atoms with Crippen molar-refractivity contribution in [3.05, 3.63) is 23.8 Å². The summed E-state index contributed by atoms with van der Waals surface area (Å²) in [5.41, 5.74) is 0.889. The SMILES string of the molecule is COc1cc(C(=S)N2C[C@H](C)O[C@@H](C)C2)ccc1OCC(=O)N1CCOCC1. The maximum absolute atomic E-state index is 12.3. The van der Waals surface area contributed by atoms with Crippen molar-refractivity contribution in [1.82, 2.24) is 9.80 Å². The van der Waals surface area contributed by atoms with Gasteiger partial charge in [0.15, 0.2) is 18.1 Å². The Kier molecular flexibility index (Phi) is 7.09. The molecule has 28 heavy (non-hydrogen) atoms. The van der Waals surface area contributed by atoms with E-state index in [2.05, 4.69) is 4.90 Å². The molecule has 0 bridgehead atoms. The fourth-order valence-electron chi connectivity index (χ4n) is 3.49. The minimum absolute atomic E-state index is 0.0291. The first kappa shape index (κ1) is 20.8. The molecule has 0 radical (unpaired) electrons. The van der Waals surface area contributed by atoms with E-state index in [0.717, 1.165) is 23.6 Å². The van der Waals surface area contributed by atoms with E-state index in [1.165, 1.54) is 0 Å². The molecule has 2 saturated heterocycles. The van der Waals surface area contributed by atoms with Gasteiger partial charge in [0.2, 0.25) is 0 Å². The van der Waals surface area contributed by atoms with Crippen molar-refractivity contribution in [3.8, 4) is 11.5 Å². The second-order valence-electron chi connectivity index (χ2n) is 7.11. The van der Waals surface area contributed by atoms with Crippen LogP contribution in [0.4, 0.5) is 0 Å². The van der Waals surface area contributed by atoms with Crippen LogP contribution in [-0.2, 0) is 14.3 Å². The smallest absolute Gasteiger partial charge is 0.260 e. The first-order valence-electron chi connectivity index (χ1n) is 9.59. The third-order valence-electron chi connectivity index (χ3n) is 4.83. The minimum Gasteiger partial charge on any atom is -0.493 e. The number of hydrogen-bond donors (Lipinski definition) is 0. The molecule has 2 aliphatic rings. The zero-order chi connectivity index (χ0) is 20.1. The van der Waals surface area contributed by atoms with Crippen molar-refractivity contribution >= 4 is 23.1 Å². The summed E-state index contributed by atoms with van der Waals surface area (Å²) in [6, 6.07) is 5.58. The molecule has 0 aromatic heterocycles. The molecule has 0 unspecified atom stereocenters. The highest BCUT2D eigenvalue weighted by Gasteiger charge is 2.25. The van der Waals surface area contributed by atoms with Crippen LogP contribution >= 0.6 is 12.2 Å². The standard InChI is InChI=1S/C20H28N2O5S/c1-14-11-22(12-15(2)27-14)20(28)16-4-5-17(18(10-16)24-3)26-13-19(23)21-6-8-25-9-7-21/h4-5,10,14-15H,6-9,11-13H2,1-3H3/t14-,15-/m0/s1. The van der Waals surface area contributed by atoms with Crippen molar-refractivity contribution in [1.29, 1.82) is 0 Å². The largest absolute Gasteiger partial charge is 0.493 e. The lowest BCUT2D eigenvalue weighted by atomic mass is 10.1. The number of nitrogens with zero attached hydrogens (tertiary/aromatic N) is 2. The molecular formula is C20H28N2O5S. The first-order valence-corrected chi connectivity index (χ1v) is 10.00. The molecule has 1 amide bonds. The summed E-state index contributed by atoms with van der Waals surface area (Å²) in [5, 5.41) is 0. The summed E-state index contributed by atoms with van der Waals surface area (Å²) in [6.45, 7) is 7.93. The van der Waals surface area contributed by atoms with E-state index >= 15 is 0 Å². The Labute approximate surface area is 171 Å². The van der Waals surface area contributed by atoms with Crippen LogP contribution in [0.25, 0.3) is 0 Å². The van der Waals surface area contributed by atoms with Crippen molar-refractivity contribution in [3.63, 3.8) is 0 Å². The quantitative estimate of drug-likeness (QED) is 0.688. The monoisotopic (exact) mass is 408 g/mol. The molecule has 154 valence electrons. The second kappa shape index (κ2) is 9.54. The molecule has 0 aliphatic carbocycles. The summed E-state index contributed by atoms with van der Waals surface area (Å²) in [4.78, 5) is 16.9. The van der Waals surface area contributed by atoms with Crippen LogP contribution in [0, 0.1) is 0 Å². The molecule has 1 aromatic carbocycles. The molecule has 2 fully saturated rings. The van der Waals surface area contributed by atoms with Gasteiger partial charge in [-0.2, -0.15) is 0 Å². The van der Waals surface area contributed by atoms with E-state index in [0.29, 0.717) is 37.8 Å². The van der Waals surface area contributed by atoms with Gasteiger partial charge < -0.3 is 28.7 Å². The molecule has 1 aromatic rings. The molecule has 2 atom stereocenters. The highest BCUT2D eigenvalue weighted by atomic mass is 32.1. The number of morpholine rings is 2. The van der Waals surface area contributed by atoms with Crippen LogP contribution in [0.1, 0.15) is 19.4 Å². The highest BCUT2D eigenvalue weighted by Crippen LogP contribution is 2.29. The first-order chi connectivity index (χ1) is 13.5. The van der Waals surface area contributed by atoms with Crippen LogP contribution < -0.4 is 9.47 Å². The van der Waals surface area contributed by atoms with Crippen molar-refractivity contribution < 1.29 is 23.7 Å². The van der Waals surface area contributed by atoms with Crippen LogP contribution in [-0.4, -0.2) is 86.0 Å². The van der Waals surface area contributed by atoms with Crippen LogP contribution in [0.3, 0.4) is 0 Å². The molecule has 0 spiro atoms. The Morgan fingerprint density at radius 1 is 1.14 bits per heavy atom. The predicted octanol–water partition coefficient (Wildman–Crippen LogP) is 1.72. The average Bonchev–Trinajstić information content (AvgIpc) is 2.71. The number of rotatable bonds is 5. The lowest BCUT2D eigenvalue weighted by Gasteiger charge is -2.37. The van der Waals surface area contributed by atoms with Gasteiger partial charge in [0.05, 0.1) is 32.5 Å². The molecule has 3 rings (SSSR count). The van der Waals surface area contributed by atoms with Gasteiger partial charge >= 0.3 is 0 Å². The number of thiocarbonyl (C=S) groups is 1. The van der Waals surface area contributed by atoms with Gasteiger partial charge in [-0.1, -0.05) is 12.2 Å². The van der Waals surface area contributed by atoms with E-state index in [-0.39, 0.29) is 24.7 Å². The summed E-state index contributed by atoms with van der Waals surface area (Å²) < 4.78 is 22.2. The van der Waals surface area contributed by atoms with Gasteiger partial charge in [0, 0.05) is 31.7 Å². The van der Waals surface area contributed by atoms with E-state index < -0.39 is 0 Å².